The second-order valence-electron chi connectivity index (χ2n) is 6.09. The zero-order valence-electron chi connectivity index (χ0n) is 15.0. The van der Waals surface area contributed by atoms with Crippen molar-refractivity contribution in [2.24, 2.45) is 0 Å². The summed E-state index contributed by atoms with van der Waals surface area (Å²) in [6.45, 7) is 0.880. The number of rotatable bonds is 8. The Morgan fingerprint density at radius 2 is 1.67 bits per heavy atom. The van der Waals surface area contributed by atoms with Gasteiger partial charge in [-0.15, -0.1) is 0 Å². The Kier molecular flexibility index (Phi) is 6.35. The second kappa shape index (κ2) is 9.33. The maximum atomic E-state index is 11.9. The molecule has 3 aromatic rings. The molecule has 27 heavy (non-hydrogen) atoms. The van der Waals surface area contributed by atoms with Crippen LogP contribution in [0.5, 0.6) is 0 Å². The molecule has 0 unspecified atom stereocenters. The quantitative estimate of drug-likeness (QED) is 0.646. The fourth-order valence-corrected chi connectivity index (χ4v) is 2.65. The lowest BCUT2D eigenvalue weighted by Crippen LogP contribution is -2.31. The Balaban J connectivity index is 1.34. The third kappa shape index (κ3) is 5.54. The summed E-state index contributed by atoms with van der Waals surface area (Å²) in [5, 5.41) is 9.82. The van der Waals surface area contributed by atoms with E-state index in [-0.39, 0.29) is 18.2 Å². The van der Waals surface area contributed by atoms with Crippen LogP contribution in [-0.4, -0.2) is 34.7 Å². The van der Waals surface area contributed by atoms with E-state index in [0.717, 1.165) is 17.7 Å². The predicted octanol–water partition coefficient (Wildman–Crippen LogP) is 2.35. The smallest absolute Gasteiger partial charge is 0.251 e. The Labute approximate surface area is 158 Å². The predicted molar refractivity (Wildman–Crippen MR) is 104 cm³/mol. The minimum Gasteiger partial charge on any atom is -0.356 e. The van der Waals surface area contributed by atoms with Crippen LogP contribution in [0.1, 0.15) is 22.3 Å². The van der Waals surface area contributed by atoms with E-state index >= 15 is 0 Å². The summed E-state index contributed by atoms with van der Waals surface area (Å²) in [6.07, 6.45) is 4.65. The van der Waals surface area contributed by atoms with E-state index < -0.39 is 0 Å². The SMILES string of the molecule is O=C(CCNC(=O)c1ccccc1)NCCc1ccc(-n2cccn2)cc1. The Morgan fingerprint density at radius 3 is 2.37 bits per heavy atom. The highest BCUT2D eigenvalue weighted by molar-refractivity contribution is 5.94. The summed E-state index contributed by atoms with van der Waals surface area (Å²) in [6, 6.07) is 18.9. The van der Waals surface area contributed by atoms with Gasteiger partial charge in [0.15, 0.2) is 0 Å². The van der Waals surface area contributed by atoms with Gasteiger partial charge in [0.2, 0.25) is 5.91 Å². The summed E-state index contributed by atoms with van der Waals surface area (Å²) in [5.74, 6) is -0.239. The van der Waals surface area contributed by atoms with E-state index in [0.29, 0.717) is 18.7 Å². The van der Waals surface area contributed by atoms with Crippen molar-refractivity contribution in [2.75, 3.05) is 13.1 Å². The first-order valence-corrected chi connectivity index (χ1v) is 8.91. The number of carbonyl (C=O) groups is 2. The molecule has 0 spiro atoms. The molecule has 138 valence electrons. The number of nitrogens with one attached hydrogen (secondary N) is 2. The van der Waals surface area contributed by atoms with Gasteiger partial charge in [-0.25, -0.2) is 4.68 Å². The molecule has 1 heterocycles. The van der Waals surface area contributed by atoms with E-state index in [9.17, 15) is 9.59 Å². The van der Waals surface area contributed by atoms with Crippen molar-refractivity contribution in [3.05, 3.63) is 84.2 Å². The average molecular weight is 362 g/mol. The van der Waals surface area contributed by atoms with Crippen molar-refractivity contribution < 1.29 is 9.59 Å². The lowest BCUT2D eigenvalue weighted by molar-refractivity contribution is -0.120. The molecule has 0 atom stereocenters. The van der Waals surface area contributed by atoms with Gasteiger partial charge in [0, 0.05) is 37.5 Å². The van der Waals surface area contributed by atoms with Gasteiger partial charge in [-0.1, -0.05) is 30.3 Å². The third-order valence-electron chi connectivity index (χ3n) is 4.11. The minimum atomic E-state index is -0.166. The molecule has 6 nitrogen and oxygen atoms in total. The highest BCUT2D eigenvalue weighted by Gasteiger charge is 2.06. The number of aromatic nitrogens is 2. The number of hydrogen-bond donors (Lipinski definition) is 2. The second-order valence-corrected chi connectivity index (χ2v) is 6.09. The van der Waals surface area contributed by atoms with Gasteiger partial charge < -0.3 is 10.6 Å². The molecule has 6 heteroatoms. The number of amides is 2. The zero-order chi connectivity index (χ0) is 18.9. The molecule has 2 aromatic carbocycles. The number of nitrogens with zero attached hydrogens (tertiary/aromatic N) is 2. The lowest BCUT2D eigenvalue weighted by Gasteiger charge is -2.08. The van der Waals surface area contributed by atoms with E-state index in [1.54, 1.807) is 23.0 Å². The Hall–Kier alpha value is -3.41. The van der Waals surface area contributed by atoms with Crippen LogP contribution in [0, 0.1) is 0 Å². The maximum absolute atomic E-state index is 11.9. The standard InChI is InChI=1S/C21H22N4O2/c26-20(12-15-23-21(27)18-5-2-1-3-6-18)22-14-11-17-7-9-19(10-8-17)25-16-4-13-24-25/h1-10,13,16H,11-12,14-15H2,(H,22,26)(H,23,27). The van der Waals surface area contributed by atoms with Crippen LogP contribution < -0.4 is 10.6 Å². The fourth-order valence-electron chi connectivity index (χ4n) is 2.65. The Bertz CT molecular complexity index is 859. The van der Waals surface area contributed by atoms with Gasteiger partial charge in [-0.2, -0.15) is 5.10 Å². The third-order valence-corrected chi connectivity index (χ3v) is 4.11. The number of hydrogen-bond acceptors (Lipinski definition) is 3. The molecule has 0 bridgehead atoms. The van der Waals surface area contributed by atoms with Crippen molar-refractivity contribution in [2.45, 2.75) is 12.8 Å². The van der Waals surface area contributed by atoms with Crippen LogP contribution in [-0.2, 0) is 11.2 Å². The van der Waals surface area contributed by atoms with Gasteiger partial charge in [0.1, 0.15) is 0 Å². The first-order chi connectivity index (χ1) is 13.2. The van der Waals surface area contributed by atoms with Crippen molar-refractivity contribution in [1.29, 1.82) is 0 Å². The van der Waals surface area contributed by atoms with E-state index in [1.165, 1.54) is 0 Å². The van der Waals surface area contributed by atoms with Gasteiger partial charge in [-0.05, 0) is 42.3 Å². The topological polar surface area (TPSA) is 76.0 Å². The summed E-state index contributed by atoms with van der Waals surface area (Å²) in [4.78, 5) is 23.8. The molecule has 0 aliphatic carbocycles. The number of carbonyl (C=O) groups excluding carboxylic acids is 2. The largest absolute Gasteiger partial charge is 0.356 e. The van der Waals surface area contributed by atoms with Gasteiger partial charge in [0.05, 0.1) is 5.69 Å². The van der Waals surface area contributed by atoms with Gasteiger partial charge in [-0.3, -0.25) is 9.59 Å². The molecule has 0 aliphatic rings. The maximum Gasteiger partial charge on any atom is 0.251 e. The highest BCUT2D eigenvalue weighted by atomic mass is 16.2. The summed E-state index contributed by atoms with van der Waals surface area (Å²) in [7, 11) is 0. The summed E-state index contributed by atoms with van der Waals surface area (Å²) >= 11 is 0. The van der Waals surface area contributed by atoms with E-state index in [1.807, 2.05) is 54.7 Å². The fraction of sp³-hybridized carbons (Fsp3) is 0.190. The first kappa shape index (κ1) is 18.4. The molecular weight excluding hydrogens is 340 g/mol. The summed E-state index contributed by atoms with van der Waals surface area (Å²) in [5.41, 5.74) is 2.74. The molecule has 2 amide bonds. The molecule has 0 radical (unpaired) electrons. The Morgan fingerprint density at radius 1 is 0.889 bits per heavy atom. The van der Waals surface area contributed by atoms with Crippen LogP contribution in [0.15, 0.2) is 73.1 Å². The van der Waals surface area contributed by atoms with E-state index in [4.69, 9.17) is 0 Å². The monoisotopic (exact) mass is 362 g/mol. The normalized spacial score (nSPS) is 10.4. The highest BCUT2D eigenvalue weighted by Crippen LogP contribution is 2.08. The molecule has 0 fully saturated rings. The van der Waals surface area contributed by atoms with Gasteiger partial charge >= 0.3 is 0 Å². The molecule has 3 rings (SSSR count). The molecule has 0 aliphatic heterocycles. The van der Waals surface area contributed by atoms with Gasteiger partial charge in [0.25, 0.3) is 5.91 Å². The lowest BCUT2D eigenvalue weighted by atomic mass is 10.1. The molecule has 2 N–H and O–H groups in total. The van der Waals surface area contributed by atoms with Crippen LogP contribution in [0.4, 0.5) is 0 Å². The summed E-state index contributed by atoms with van der Waals surface area (Å²) < 4.78 is 1.80. The average Bonchev–Trinajstić information content (AvgIpc) is 3.24. The molecule has 1 aromatic heterocycles. The van der Waals surface area contributed by atoms with Crippen LogP contribution in [0.3, 0.4) is 0 Å². The first-order valence-electron chi connectivity index (χ1n) is 8.91. The van der Waals surface area contributed by atoms with Crippen molar-refractivity contribution in [3.8, 4) is 5.69 Å². The zero-order valence-corrected chi connectivity index (χ0v) is 15.0. The minimum absolute atomic E-state index is 0.0727. The van der Waals surface area contributed by atoms with Crippen molar-refractivity contribution in [1.82, 2.24) is 20.4 Å². The van der Waals surface area contributed by atoms with Crippen LogP contribution in [0.25, 0.3) is 5.69 Å². The van der Waals surface area contributed by atoms with E-state index in [2.05, 4.69) is 15.7 Å². The van der Waals surface area contributed by atoms with Crippen LogP contribution in [0.2, 0.25) is 0 Å². The number of benzene rings is 2. The molecule has 0 saturated carbocycles. The van der Waals surface area contributed by atoms with Crippen molar-refractivity contribution >= 4 is 11.8 Å². The van der Waals surface area contributed by atoms with Crippen LogP contribution >= 0.6 is 0 Å². The molecule has 0 saturated heterocycles. The molecular formula is C21H22N4O2. The van der Waals surface area contributed by atoms with Crippen molar-refractivity contribution in [3.63, 3.8) is 0 Å².